The van der Waals surface area contributed by atoms with Crippen molar-refractivity contribution in [3.8, 4) is 0 Å². The first-order valence-electron chi connectivity index (χ1n) is 8.26. The van der Waals surface area contributed by atoms with Crippen LogP contribution in [0, 0.1) is 17.0 Å². The summed E-state index contributed by atoms with van der Waals surface area (Å²) in [5.74, 6) is -2.99. The largest absolute Gasteiger partial charge is 0.633 e. The number of rotatable bonds is 9. The number of hydrogen-bond donors (Lipinski definition) is 2. The fourth-order valence-electron chi connectivity index (χ4n) is 2.88. The topological polar surface area (TPSA) is 89.5 Å². The van der Waals surface area contributed by atoms with Gasteiger partial charge in [0.05, 0.1) is 39.0 Å². The average molecular weight is 336 g/mol. The number of nitrogens with one attached hydrogen (secondary N) is 1. The summed E-state index contributed by atoms with van der Waals surface area (Å²) in [6.07, 6.45) is 0.656. The fourth-order valence-corrected chi connectivity index (χ4v) is 2.88. The number of hydroxylamine groups is 3. The molecular weight excluding hydrogens is 308 g/mol. The summed E-state index contributed by atoms with van der Waals surface area (Å²) in [6, 6.07) is 9.49. The highest BCUT2D eigenvalue weighted by Crippen LogP contribution is 2.33. The Balaban J connectivity index is 2.98. The van der Waals surface area contributed by atoms with Crippen molar-refractivity contribution < 1.29 is 19.3 Å². The van der Waals surface area contributed by atoms with Gasteiger partial charge in [0.25, 0.3) is 0 Å². The molecule has 1 aromatic rings. The van der Waals surface area contributed by atoms with Crippen LogP contribution in [0.25, 0.3) is 0 Å². The summed E-state index contributed by atoms with van der Waals surface area (Å²) >= 11 is 0. The molecule has 3 unspecified atom stereocenters. The first-order chi connectivity index (χ1) is 11.2. The van der Waals surface area contributed by atoms with Gasteiger partial charge in [0.1, 0.15) is 0 Å². The maximum Gasteiger partial charge on any atom is 0.307 e. The maximum atomic E-state index is 12.7. The highest BCUT2D eigenvalue weighted by Gasteiger charge is 2.36. The molecule has 0 fully saturated rings. The number of nitrogens with zero attached hydrogens (tertiary/aromatic N) is 1. The molecule has 0 aromatic heterocycles. The van der Waals surface area contributed by atoms with E-state index in [1.54, 1.807) is 6.92 Å². The number of benzene rings is 1. The predicted molar refractivity (Wildman–Crippen MR) is 93.1 cm³/mol. The van der Waals surface area contributed by atoms with E-state index in [9.17, 15) is 19.9 Å². The number of likely N-dealkylation sites (N-methyl/N-ethyl adjacent to an activating group) is 1. The Kier molecular flexibility index (Phi) is 7.38. The van der Waals surface area contributed by atoms with E-state index in [4.69, 9.17) is 0 Å². The van der Waals surface area contributed by atoms with Crippen LogP contribution < -0.4 is 5.32 Å². The normalized spacial score (nSPS) is 15.4. The van der Waals surface area contributed by atoms with Crippen LogP contribution in [0.15, 0.2) is 30.3 Å². The Morgan fingerprint density at radius 2 is 1.83 bits per heavy atom. The van der Waals surface area contributed by atoms with E-state index in [0.29, 0.717) is 6.42 Å². The number of carbonyl (C=O) groups is 2. The summed E-state index contributed by atoms with van der Waals surface area (Å²) < 4.78 is -0.505. The van der Waals surface area contributed by atoms with Crippen LogP contribution >= 0.6 is 0 Å². The van der Waals surface area contributed by atoms with Gasteiger partial charge >= 0.3 is 5.97 Å². The summed E-state index contributed by atoms with van der Waals surface area (Å²) in [5.41, 5.74) is 0.952. The number of carbonyl (C=O) groups excluding carboxylic acids is 1. The van der Waals surface area contributed by atoms with Crippen LogP contribution in [0.3, 0.4) is 0 Å². The second-order valence-electron chi connectivity index (χ2n) is 6.67. The molecular formula is C18H28N2O4. The minimum Gasteiger partial charge on any atom is -0.633 e. The van der Waals surface area contributed by atoms with Crippen molar-refractivity contribution in [2.75, 3.05) is 27.2 Å². The quantitative estimate of drug-likeness (QED) is 0.534. The van der Waals surface area contributed by atoms with Crippen LogP contribution in [0.4, 0.5) is 0 Å². The van der Waals surface area contributed by atoms with Gasteiger partial charge in [-0.05, 0) is 17.9 Å². The molecule has 0 heterocycles. The summed E-state index contributed by atoms with van der Waals surface area (Å²) in [5, 5.41) is 23.8. The molecule has 0 aliphatic rings. The second-order valence-corrected chi connectivity index (χ2v) is 6.67. The van der Waals surface area contributed by atoms with Crippen molar-refractivity contribution in [3.63, 3.8) is 0 Å². The lowest BCUT2D eigenvalue weighted by Crippen LogP contribution is -2.45. The number of quaternary nitrogens is 1. The van der Waals surface area contributed by atoms with Crippen molar-refractivity contribution >= 4 is 11.9 Å². The lowest BCUT2D eigenvalue weighted by molar-refractivity contribution is -0.838. The van der Waals surface area contributed by atoms with Gasteiger partial charge < -0.3 is 20.3 Å². The van der Waals surface area contributed by atoms with Gasteiger partial charge in [-0.1, -0.05) is 44.2 Å². The second kappa shape index (κ2) is 8.80. The predicted octanol–water partition coefficient (Wildman–Crippen LogP) is 2.21. The van der Waals surface area contributed by atoms with E-state index in [-0.39, 0.29) is 24.9 Å². The monoisotopic (exact) mass is 336 g/mol. The first-order valence-corrected chi connectivity index (χ1v) is 8.26. The number of amides is 1. The minimum absolute atomic E-state index is 0.188. The zero-order chi connectivity index (χ0) is 18.3. The van der Waals surface area contributed by atoms with E-state index in [1.165, 1.54) is 14.1 Å². The molecule has 0 radical (unpaired) electrons. The molecule has 1 amide bonds. The Morgan fingerprint density at radius 1 is 1.25 bits per heavy atom. The van der Waals surface area contributed by atoms with Crippen LogP contribution in [0.2, 0.25) is 0 Å². The number of hydrogen-bond acceptors (Lipinski definition) is 3. The molecule has 1 rings (SSSR count). The molecule has 0 saturated carbocycles. The van der Waals surface area contributed by atoms with Gasteiger partial charge in [0.2, 0.25) is 5.91 Å². The highest BCUT2D eigenvalue weighted by molar-refractivity contribution is 5.85. The third kappa shape index (κ3) is 5.94. The highest BCUT2D eigenvalue weighted by atomic mass is 16.5. The van der Waals surface area contributed by atoms with E-state index in [0.717, 1.165) is 5.56 Å². The standard InChI is InChI=1S/C18H28N2O4/c1-5-15(14-9-7-6-8-10-14)16(13(2)18(22)23)17(21)19-11-12-20(3,4)24/h6-10,13,15-16H,5,11-12H2,1-4H3,(H,19,21)(H,22,23). The molecule has 6 heteroatoms. The smallest absolute Gasteiger partial charge is 0.307 e. The molecule has 6 nitrogen and oxygen atoms in total. The molecule has 0 saturated heterocycles. The van der Waals surface area contributed by atoms with Crippen molar-refractivity contribution in [1.82, 2.24) is 5.32 Å². The Morgan fingerprint density at radius 3 is 2.29 bits per heavy atom. The number of aliphatic carboxylic acids is 1. The molecule has 3 atom stereocenters. The Bertz CT molecular complexity index is 540. The molecule has 0 spiro atoms. The number of carboxylic acid groups (broad SMARTS) is 1. The molecule has 0 bridgehead atoms. The lowest BCUT2D eigenvalue weighted by atomic mass is 9.76. The van der Waals surface area contributed by atoms with Gasteiger partial charge in [-0.3, -0.25) is 9.59 Å². The van der Waals surface area contributed by atoms with Crippen molar-refractivity contribution in [2.45, 2.75) is 26.2 Å². The molecule has 2 N–H and O–H groups in total. The van der Waals surface area contributed by atoms with Crippen LogP contribution in [-0.2, 0) is 9.59 Å². The molecule has 1 aromatic carbocycles. The average Bonchev–Trinajstić information content (AvgIpc) is 2.51. The summed E-state index contributed by atoms with van der Waals surface area (Å²) in [4.78, 5) is 24.2. The third-order valence-electron chi connectivity index (χ3n) is 4.28. The third-order valence-corrected chi connectivity index (χ3v) is 4.28. The van der Waals surface area contributed by atoms with Gasteiger partial charge in [-0.2, -0.15) is 0 Å². The Labute approximate surface area is 143 Å². The molecule has 134 valence electrons. The van der Waals surface area contributed by atoms with Gasteiger partial charge in [-0.25, -0.2) is 0 Å². The van der Waals surface area contributed by atoms with Gasteiger partial charge in [-0.15, -0.1) is 0 Å². The number of carboxylic acids is 1. The SMILES string of the molecule is CCC(c1ccccc1)C(C(=O)NCC[N+](C)(C)[O-])C(C)C(=O)O. The molecule has 0 aliphatic carbocycles. The van der Waals surface area contributed by atoms with Crippen LogP contribution in [0.1, 0.15) is 31.7 Å². The summed E-state index contributed by atoms with van der Waals surface area (Å²) in [7, 11) is 3.00. The Hall–Kier alpha value is -1.92. The van der Waals surface area contributed by atoms with E-state index >= 15 is 0 Å². The molecule has 24 heavy (non-hydrogen) atoms. The van der Waals surface area contributed by atoms with E-state index in [2.05, 4.69) is 5.32 Å². The fraction of sp³-hybridized carbons (Fsp3) is 0.556. The van der Waals surface area contributed by atoms with E-state index in [1.807, 2.05) is 37.3 Å². The molecule has 0 aliphatic heterocycles. The van der Waals surface area contributed by atoms with Gasteiger partial charge in [0.15, 0.2) is 0 Å². The van der Waals surface area contributed by atoms with Crippen molar-refractivity contribution in [3.05, 3.63) is 41.1 Å². The zero-order valence-corrected chi connectivity index (χ0v) is 14.9. The van der Waals surface area contributed by atoms with Gasteiger partial charge in [0, 0.05) is 0 Å². The zero-order valence-electron chi connectivity index (χ0n) is 14.9. The maximum absolute atomic E-state index is 12.7. The summed E-state index contributed by atoms with van der Waals surface area (Å²) in [6.45, 7) is 3.97. The van der Waals surface area contributed by atoms with Crippen LogP contribution in [0.5, 0.6) is 0 Å². The van der Waals surface area contributed by atoms with Crippen molar-refractivity contribution in [2.24, 2.45) is 11.8 Å². The van der Waals surface area contributed by atoms with Crippen molar-refractivity contribution in [1.29, 1.82) is 0 Å². The van der Waals surface area contributed by atoms with Crippen LogP contribution in [-0.4, -0.2) is 48.8 Å². The lowest BCUT2D eigenvalue weighted by Gasteiger charge is -2.34. The minimum atomic E-state index is -0.996. The van der Waals surface area contributed by atoms with E-state index < -0.39 is 22.5 Å². The first kappa shape index (κ1) is 20.1.